The summed E-state index contributed by atoms with van der Waals surface area (Å²) in [4.78, 5) is 5.93. The Morgan fingerprint density at radius 3 is 2.72 bits per heavy atom. The minimum atomic E-state index is -4.46. The summed E-state index contributed by atoms with van der Waals surface area (Å²) in [5.41, 5.74) is 5.56. The molecule has 10 heteroatoms. The molecule has 1 aromatic carbocycles. The Kier molecular flexibility index (Phi) is 7.98. The van der Waals surface area contributed by atoms with E-state index in [0.717, 1.165) is 51.0 Å². The first-order valence-corrected chi connectivity index (χ1v) is 11.1. The lowest BCUT2D eigenvalue weighted by molar-refractivity contribution is -0.138. The average molecular weight is 454 g/mol. The Morgan fingerprint density at radius 2 is 2.00 bits per heavy atom. The molecule has 1 atom stereocenters. The van der Waals surface area contributed by atoms with Gasteiger partial charge in [0.2, 0.25) is 17.7 Å². The average Bonchev–Trinajstić information content (AvgIpc) is 3.44. The molecule has 2 aromatic rings. The van der Waals surface area contributed by atoms with E-state index in [4.69, 9.17) is 15.5 Å². The molecule has 0 amide bonds. The minimum absolute atomic E-state index is 0.0642. The highest BCUT2D eigenvalue weighted by Crippen LogP contribution is 2.36. The Bertz CT molecular complexity index is 913. The van der Waals surface area contributed by atoms with Crippen LogP contribution >= 0.6 is 0 Å². The summed E-state index contributed by atoms with van der Waals surface area (Å²) in [6.45, 7) is 2.69. The van der Waals surface area contributed by atoms with Crippen LogP contribution in [-0.2, 0) is 12.6 Å². The van der Waals surface area contributed by atoms with Gasteiger partial charge in [-0.3, -0.25) is 0 Å². The van der Waals surface area contributed by atoms with Gasteiger partial charge in [-0.1, -0.05) is 61.5 Å². The van der Waals surface area contributed by atoms with Crippen LogP contribution in [0.25, 0.3) is 11.4 Å². The fraction of sp³-hybridized carbons (Fsp3) is 0.591. The van der Waals surface area contributed by atoms with Crippen molar-refractivity contribution in [3.8, 4) is 11.4 Å². The molecule has 1 aromatic heterocycles. The number of guanidine groups is 1. The first-order chi connectivity index (χ1) is 15.3. The van der Waals surface area contributed by atoms with Gasteiger partial charge >= 0.3 is 6.18 Å². The van der Waals surface area contributed by atoms with E-state index in [1.807, 2.05) is 0 Å². The third-order valence-electron chi connectivity index (χ3n) is 5.85. The monoisotopic (exact) mass is 453 g/mol. The van der Waals surface area contributed by atoms with Crippen LogP contribution in [0.15, 0.2) is 27.9 Å². The predicted molar refractivity (Wildman–Crippen MR) is 114 cm³/mol. The molecule has 0 spiro atoms. The molecule has 0 saturated carbocycles. The van der Waals surface area contributed by atoms with Crippen LogP contribution in [0.1, 0.15) is 81.3 Å². The van der Waals surface area contributed by atoms with Crippen molar-refractivity contribution >= 4 is 5.96 Å². The molecule has 0 aliphatic carbocycles. The normalized spacial score (nSPS) is 17.3. The van der Waals surface area contributed by atoms with E-state index in [9.17, 15) is 13.2 Å². The topological polar surface area (TPSA) is 101 Å². The van der Waals surface area contributed by atoms with Crippen molar-refractivity contribution in [1.29, 1.82) is 0 Å². The molecule has 0 radical (unpaired) electrons. The van der Waals surface area contributed by atoms with Gasteiger partial charge in [0.05, 0.1) is 5.56 Å². The number of oxime groups is 1. The van der Waals surface area contributed by atoms with Gasteiger partial charge in [0.15, 0.2) is 0 Å². The van der Waals surface area contributed by atoms with Crippen molar-refractivity contribution in [2.24, 2.45) is 10.9 Å². The molecule has 2 heterocycles. The second kappa shape index (κ2) is 10.7. The first kappa shape index (κ1) is 23.9. The van der Waals surface area contributed by atoms with Crippen molar-refractivity contribution in [2.45, 2.75) is 76.9 Å². The maximum absolute atomic E-state index is 13.7. The number of unbranched alkanes of at least 4 members (excludes halogenated alkanes) is 5. The van der Waals surface area contributed by atoms with Crippen molar-refractivity contribution < 1.29 is 22.9 Å². The number of hydrogen-bond acceptors (Lipinski definition) is 5. The number of nitrogens with zero attached hydrogens (tertiary/aromatic N) is 4. The molecule has 1 saturated heterocycles. The lowest BCUT2D eigenvalue weighted by Crippen LogP contribution is -2.36. The molecule has 3 rings (SSSR count). The predicted octanol–water partition coefficient (Wildman–Crippen LogP) is 5.50. The quantitative estimate of drug-likeness (QED) is 0.171. The summed E-state index contributed by atoms with van der Waals surface area (Å²) in [5.74, 6) is 0.252. The van der Waals surface area contributed by atoms with Gasteiger partial charge in [-0.25, -0.2) is 0 Å². The number of hydrogen-bond donors (Lipinski definition) is 2. The van der Waals surface area contributed by atoms with Gasteiger partial charge in [-0.05, 0) is 37.3 Å². The number of halogens is 3. The number of aryl methyl sites for hydroxylation is 1. The van der Waals surface area contributed by atoms with E-state index >= 15 is 0 Å². The van der Waals surface area contributed by atoms with Crippen LogP contribution in [0.4, 0.5) is 13.2 Å². The third-order valence-corrected chi connectivity index (χ3v) is 5.85. The fourth-order valence-corrected chi connectivity index (χ4v) is 4.14. The Morgan fingerprint density at radius 1 is 1.25 bits per heavy atom. The summed E-state index contributed by atoms with van der Waals surface area (Å²) >= 11 is 0. The van der Waals surface area contributed by atoms with E-state index < -0.39 is 11.7 Å². The number of alkyl halides is 3. The highest BCUT2D eigenvalue weighted by molar-refractivity contribution is 5.78. The zero-order chi connectivity index (χ0) is 23.1. The van der Waals surface area contributed by atoms with Crippen molar-refractivity contribution in [3.63, 3.8) is 0 Å². The number of aromatic nitrogens is 2. The summed E-state index contributed by atoms with van der Waals surface area (Å²) in [6.07, 6.45) is 3.47. The van der Waals surface area contributed by atoms with E-state index in [1.165, 1.54) is 6.07 Å². The lowest BCUT2D eigenvalue weighted by Gasteiger charge is -2.21. The largest absolute Gasteiger partial charge is 0.416 e. The molecular formula is C22H30F3N5O2. The molecule has 1 aliphatic rings. The standard InChI is InChI=1S/C22H30F3N5O2/c1-2-3-4-5-6-7-9-15-11-12-16(14-17(15)22(23,24)25)19-27-20(32-29-19)18-10-8-13-30(18)21(26)28-31/h11-12,14,18,31H,2-10,13H2,1H3,(H2,26,28). The molecule has 7 nitrogen and oxygen atoms in total. The van der Waals surface area contributed by atoms with Crippen LogP contribution < -0.4 is 5.73 Å². The Hall–Kier alpha value is -2.78. The van der Waals surface area contributed by atoms with Crippen LogP contribution in [-0.4, -0.2) is 32.8 Å². The van der Waals surface area contributed by atoms with Crippen molar-refractivity contribution in [3.05, 3.63) is 35.2 Å². The highest BCUT2D eigenvalue weighted by Gasteiger charge is 2.35. The third kappa shape index (κ3) is 5.72. The van der Waals surface area contributed by atoms with E-state index in [0.29, 0.717) is 19.4 Å². The summed E-state index contributed by atoms with van der Waals surface area (Å²) in [7, 11) is 0. The number of rotatable bonds is 9. The summed E-state index contributed by atoms with van der Waals surface area (Å²) < 4.78 is 46.5. The second-order valence-electron chi connectivity index (χ2n) is 8.15. The SMILES string of the molecule is CCCCCCCCc1ccc(-c2noc(C3CCCN3/C(N)=N/O)n2)cc1C(F)(F)F. The minimum Gasteiger partial charge on any atom is -0.408 e. The maximum Gasteiger partial charge on any atom is 0.416 e. The van der Waals surface area contributed by atoms with Gasteiger partial charge in [-0.2, -0.15) is 18.2 Å². The van der Waals surface area contributed by atoms with Crippen LogP contribution in [0.5, 0.6) is 0 Å². The molecule has 0 bridgehead atoms. The molecule has 1 fully saturated rings. The van der Waals surface area contributed by atoms with Gasteiger partial charge in [0.25, 0.3) is 0 Å². The molecule has 1 unspecified atom stereocenters. The summed E-state index contributed by atoms with van der Waals surface area (Å²) in [5, 5.41) is 15.8. The molecular weight excluding hydrogens is 423 g/mol. The van der Waals surface area contributed by atoms with Crippen LogP contribution in [0.3, 0.4) is 0 Å². The Balaban J connectivity index is 1.76. The zero-order valence-corrected chi connectivity index (χ0v) is 18.2. The zero-order valence-electron chi connectivity index (χ0n) is 18.2. The van der Waals surface area contributed by atoms with Crippen molar-refractivity contribution in [2.75, 3.05) is 6.54 Å². The second-order valence-corrected chi connectivity index (χ2v) is 8.15. The number of benzene rings is 1. The van der Waals surface area contributed by atoms with E-state index in [-0.39, 0.29) is 34.8 Å². The van der Waals surface area contributed by atoms with Crippen LogP contribution in [0, 0.1) is 0 Å². The highest BCUT2D eigenvalue weighted by atomic mass is 19.4. The molecule has 32 heavy (non-hydrogen) atoms. The number of nitrogens with two attached hydrogens (primary N) is 1. The van der Waals surface area contributed by atoms with Gasteiger partial charge < -0.3 is 20.4 Å². The van der Waals surface area contributed by atoms with Crippen LogP contribution in [0.2, 0.25) is 0 Å². The van der Waals surface area contributed by atoms with E-state index in [2.05, 4.69) is 22.2 Å². The smallest absolute Gasteiger partial charge is 0.408 e. The fourth-order valence-electron chi connectivity index (χ4n) is 4.14. The summed E-state index contributed by atoms with van der Waals surface area (Å²) in [6, 6.07) is 3.84. The van der Waals surface area contributed by atoms with Gasteiger partial charge in [-0.15, -0.1) is 0 Å². The molecule has 1 aliphatic heterocycles. The molecule has 3 N–H and O–H groups in total. The van der Waals surface area contributed by atoms with Gasteiger partial charge in [0, 0.05) is 12.1 Å². The lowest BCUT2D eigenvalue weighted by atomic mass is 9.97. The number of likely N-dealkylation sites (tertiary alicyclic amines) is 1. The molecule has 176 valence electrons. The van der Waals surface area contributed by atoms with Gasteiger partial charge in [0.1, 0.15) is 6.04 Å². The Labute approximate surface area is 185 Å². The maximum atomic E-state index is 13.7. The van der Waals surface area contributed by atoms with Crippen molar-refractivity contribution in [1.82, 2.24) is 15.0 Å². The van der Waals surface area contributed by atoms with E-state index in [1.54, 1.807) is 11.0 Å². The first-order valence-electron chi connectivity index (χ1n) is 11.1.